The first kappa shape index (κ1) is 16.7. The highest BCUT2D eigenvalue weighted by atomic mass is 32.1. The molecule has 18 heavy (non-hydrogen) atoms. The fraction of sp³-hybridized carbons (Fsp3) is 0.600. The summed E-state index contributed by atoms with van der Waals surface area (Å²) < 4.78 is 0. The van der Waals surface area contributed by atoms with Gasteiger partial charge in [-0.1, -0.05) is 0 Å². The number of hydrogen-bond acceptors (Lipinski definition) is 4. The van der Waals surface area contributed by atoms with Crippen molar-refractivity contribution in [1.82, 2.24) is 20.7 Å². The van der Waals surface area contributed by atoms with Crippen LogP contribution in [0.15, 0.2) is 10.2 Å². The number of nitrogens with zero attached hydrogens (tertiary/aromatic N) is 4. The maximum absolute atomic E-state index is 5.05. The van der Waals surface area contributed by atoms with Crippen LogP contribution < -0.4 is 10.9 Å². The monoisotopic (exact) mass is 288 g/mol. The molecule has 2 N–H and O–H groups in total. The van der Waals surface area contributed by atoms with Gasteiger partial charge in [0, 0.05) is 28.2 Å². The van der Waals surface area contributed by atoms with Gasteiger partial charge in [0.25, 0.3) is 0 Å². The minimum atomic E-state index is 0.541. The van der Waals surface area contributed by atoms with Crippen LogP contribution in [-0.2, 0) is 0 Å². The van der Waals surface area contributed by atoms with Crippen molar-refractivity contribution in [2.24, 2.45) is 10.2 Å². The zero-order valence-corrected chi connectivity index (χ0v) is 13.2. The Hall–Kier alpha value is -1.28. The van der Waals surface area contributed by atoms with Gasteiger partial charge in [0.2, 0.25) is 0 Å². The molecule has 0 aliphatic heterocycles. The molecule has 0 unspecified atom stereocenters. The summed E-state index contributed by atoms with van der Waals surface area (Å²) in [5, 5.41) is 9.33. The fourth-order valence-corrected chi connectivity index (χ4v) is 0.716. The van der Waals surface area contributed by atoms with E-state index in [2.05, 4.69) is 21.1 Å². The lowest BCUT2D eigenvalue weighted by molar-refractivity contribution is 0.605. The summed E-state index contributed by atoms with van der Waals surface area (Å²) in [7, 11) is 7.38. The first-order valence-corrected chi connectivity index (χ1v) is 6.11. The van der Waals surface area contributed by atoms with Gasteiger partial charge in [-0.15, -0.1) is 0 Å². The predicted octanol–water partition coefficient (Wildman–Crippen LogP) is 0.610. The summed E-state index contributed by atoms with van der Waals surface area (Å²) in [6.45, 7) is 3.68. The van der Waals surface area contributed by atoms with E-state index in [1.54, 1.807) is 9.80 Å². The van der Waals surface area contributed by atoms with Gasteiger partial charge in [-0.3, -0.25) is 10.9 Å². The third kappa shape index (κ3) is 6.45. The normalized spacial score (nSPS) is 11.9. The van der Waals surface area contributed by atoms with E-state index in [0.717, 1.165) is 11.4 Å². The minimum absolute atomic E-state index is 0.541. The van der Waals surface area contributed by atoms with Crippen LogP contribution in [0.1, 0.15) is 13.8 Å². The molecular formula is C10H20N6S2. The summed E-state index contributed by atoms with van der Waals surface area (Å²) >= 11 is 10.1. The fourth-order valence-electron chi connectivity index (χ4n) is 0.625. The molecule has 0 atom stereocenters. The largest absolute Gasteiger partial charge is 0.354 e. The molecular weight excluding hydrogens is 268 g/mol. The third-order valence-corrected chi connectivity index (χ3v) is 2.89. The molecule has 8 heteroatoms. The molecule has 0 spiro atoms. The number of thiocarbonyl (C=S) groups is 2. The number of hydrazone groups is 2. The SMILES string of the molecule is CC(=N\NC(=S)N(C)C)/C(C)=N/NC(=S)N(C)C. The lowest BCUT2D eigenvalue weighted by Crippen LogP contribution is -2.33. The second-order valence-electron chi connectivity index (χ2n) is 4.02. The van der Waals surface area contributed by atoms with Crippen molar-refractivity contribution in [3.8, 4) is 0 Å². The smallest absolute Gasteiger partial charge is 0.189 e. The lowest BCUT2D eigenvalue weighted by atomic mass is 10.3. The van der Waals surface area contributed by atoms with Gasteiger partial charge in [-0.2, -0.15) is 10.2 Å². The Labute approximate surface area is 119 Å². The molecule has 0 amide bonds. The molecule has 0 fully saturated rings. The van der Waals surface area contributed by atoms with Crippen LogP contribution in [0, 0.1) is 0 Å². The number of nitrogens with one attached hydrogen (secondary N) is 2. The van der Waals surface area contributed by atoms with Gasteiger partial charge in [0.05, 0.1) is 11.4 Å². The molecule has 6 nitrogen and oxygen atoms in total. The summed E-state index contributed by atoms with van der Waals surface area (Å²) in [6, 6.07) is 0. The molecule has 0 heterocycles. The van der Waals surface area contributed by atoms with Gasteiger partial charge in [0.15, 0.2) is 10.2 Å². The van der Waals surface area contributed by atoms with Crippen LogP contribution in [0.25, 0.3) is 0 Å². The van der Waals surface area contributed by atoms with Gasteiger partial charge in [-0.25, -0.2) is 0 Å². The van der Waals surface area contributed by atoms with Crippen LogP contribution in [0.5, 0.6) is 0 Å². The zero-order valence-electron chi connectivity index (χ0n) is 11.6. The molecule has 0 radical (unpaired) electrons. The second-order valence-corrected chi connectivity index (χ2v) is 4.79. The standard InChI is InChI=1S/C10H20N6S2/c1-7(11-13-9(17)15(3)4)8(2)12-14-10(18)16(5)6/h1-6H3,(H,13,17)(H,14,18)/b11-7+,12-8+. The van der Waals surface area contributed by atoms with Crippen molar-refractivity contribution >= 4 is 46.1 Å². The third-order valence-electron chi connectivity index (χ3n) is 1.97. The van der Waals surface area contributed by atoms with E-state index in [1.807, 2.05) is 42.0 Å². The van der Waals surface area contributed by atoms with E-state index in [0.29, 0.717) is 10.2 Å². The van der Waals surface area contributed by atoms with Gasteiger partial charge in [0.1, 0.15) is 0 Å². The van der Waals surface area contributed by atoms with E-state index in [9.17, 15) is 0 Å². The van der Waals surface area contributed by atoms with Gasteiger partial charge >= 0.3 is 0 Å². The van der Waals surface area contributed by atoms with E-state index in [4.69, 9.17) is 24.4 Å². The zero-order chi connectivity index (χ0) is 14.3. The van der Waals surface area contributed by atoms with Gasteiger partial charge < -0.3 is 9.80 Å². The molecule has 0 aromatic rings. The Kier molecular flexibility index (Phi) is 7.37. The number of rotatable bonds is 3. The predicted molar refractivity (Wildman–Crippen MR) is 85.1 cm³/mol. The topological polar surface area (TPSA) is 55.3 Å². The van der Waals surface area contributed by atoms with Crippen molar-refractivity contribution in [2.45, 2.75) is 13.8 Å². The maximum Gasteiger partial charge on any atom is 0.189 e. The molecule has 102 valence electrons. The first-order chi connectivity index (χ1) is 8.25. The average molecular weight is 288 g/mol. The molecule has 0 saturated heterocycles. The summed E-state index contributed by atoms with van der Waals surface area (Å²) in [5.74, 6) is 0. The highest BCUT2D eigenvalue weighted by Crippen LogP contribution is 1.86. The second kappa shape index (κ2) is 7.93. The molecule has 0 rings (SSSR count). The molecule has 0 aromatic carbocycles. The van der Waals surface area contributed by atoms with Crippen LogP contribution in [-0.4, -0.2) is 59.6 Å². The van der Waals surface area contributed by atoms with Gasteiger partial charge in [-0.05, 0) is 38.3 Å². The first-order valence-electron chi connectivity index (χ1n) is 5.29. The van der Waals surface area contributed by atoms with E-state index < -0.39 is 0 Å². The van der Waals surface area contributed by atoms with Crippen LogP contribution in [0.4, 0.5) is 0 Å². The van der Waals surface area contributed by atoms with E-state index in [1.165, 1.54) is 0 Å². The molecule has 0 saturated carbocycles. The summed E-state index contributed by atoms with van der Waals surface area (Å²) in [6.07, 6.45) is 0. The molecule has 0 aliphatic carbocycles. The quantitative estimate of drug-likeness (QED) is 0.451. The average Bonchev–Trinajstić information content (AvgIpc) is 2.31. The van der Waals surface area contributed by atoms with E-state index >= 15 is 0 Å². The van der Waals surface area contributed by atoms with Crippen LogP contribution >= 0.6 is 24.4 Å². The summed E-state index contributed by atoms with van der Waals surface area (Å²) in [5.41, 5.74) is 6.99. The lowest BCUT2D eigenvalue weighted by Gasteiger charge is -2.13. The Morgan fingerprint density at radius 2 is 1.06 bits per heavy atom. The Morgan fingerprint density at radius 3 is 1.28 bits per heavy atom. The van der Waals surface area contributed by atoms with Crippen molar-refractivity contribution in [1.29, 1.82) is 0 Å². The van der Waals surface area contributed by atoms with Crippen molar-refractivity contribution < 1.29 is 0 Å². The number of hydrogen-bond donors (Lipinski definition) is 2. The van der Waals surface area contributed by atoms with Crippen LogP contribution in [0.2, 0.25) is 0 Å². The maximum atomic E-state index is 5.05. The highest BCUT2D eigenvalue weighted by Gasteiger charge is 2.01. The Balaban J connectivity index is 4.45. The molecule has 0 bridgehead atoms. The molecule has 0 aliphatic rings. The molecule has 0 aromatic heterocycles. The highest BCUT2D eigenvalue weighted by molar-refractivity contribution is 7.80. The van der Waals surface area contributed by atoms with Crippen molar-refractivity contribution in [2.75, 3.05) is 28.2 Å². The van der Waals surface area contributed by atoms with Crippen molar-refractivity contribution in [3.63, 3.8) is 0 Å². The van der Waals surface area contributed by atoms with Crippen LogP contribution in [0.3, 0.4) is 0 Å². The Bertz CT molecular complexity index is 337. The van der Waals surface area contributed by atoms with Crippen molar-refractivity contribution in [3.05, 3.63) is 0 Å². The summed E-state index contributed by atoms with van der Waals surface area (Å²) in [4.78, 5) is 3.52. The minimum Gasteiger partial charge on any atom is -0.354 e. The Morgan fingerprint density at radius 1 is 0.778 bits per heavy atom. The van der Waals surface area contributed by atoms with E-state index in [-0.39, 0.29) is 0 Å².